The summed E-state index contributed by atoms with van der Waals surface area (Å²) in [6, 6.07) is 13.9. The summed E-state index contributed by atoms with van der Waals surface area (Å²) < 4.78 is 5.65. The van der Waals surface area contributed by atoms with Gasteiger partial charge in [-0.25, -0.2) is 0 Å². The van der Waals surface area contributed by atoms with Crippen molar-refractivity contribution < 1.29 is 18.8 Å². The van der Waals surface area contributed by atoms with Crippen molar-refractivity contribution in [3.63, 3.8) is 0 Å². The van der Waals surface area contributed by atoms with E-state index in [2.05, 4.69) is 32.6 Å². The average molecular weight is 468 g/mol. The van der Waals surface area contributed by atoms with E-state index in [1.165, 1.54) is 5.69 Å². The van der Waals surface area contributed by atoms with Crippen LogP contribution in [0.2, 0.25) is 0 Å². The molecule has 1 aromatic carbocycles. The number of rotatable bonds is 9. The smallest absolute Gasteiger partial charge is 0.309 e. The van der Waals surface area contributed by atoms with Crippen molar-refractivity contribution in [3.8, 4) is 0 Å². The van der Waals surface area contributed by atoms with E-state index in [1.807, 2.05) is 30.3 Å². The fraction of sp³-hybridized carbons (Fsp3) is 0.480. The molecule has 0 bridgehead atoms. The largest absolute Gasteiger partial charge is 0.468 e. The fourth-order valence-electron chi connectivity index (χ4n) is 4.58. The summed E-state index contributed by atoms with van der Waals surface area (Å²) in [6.07, 6.45) is 3.76. The lowest BCUT2D eigenvalue weighted by molar-refractivity contribution is -0.139. The number of nitrogens with one attached hydrogen (secondary N) is 2. The molecule has 0 aliphatic carbocycles. The Morgan fingerprint density at radius 3 is 2.38 bits per heavy atom. The maximum atomic E-state index is 12.4. The van der Waals surface area contributed by atoms with Gasteiger partial charge in [-0.3, -0.25) is 19.3 Å². The summed E-state index contributed by atoms with van der Waals surface area (Å²) in [5.74, 6) is -0.377. The Balaban J connectivity index is 1.23. The minimum atomic E-state index is -0.656. The SMILES string of the molecule is O=C(NCCCN1CCCC1=O)C(=O)NCC(c1ccco1)N1CCN(c2ccccc2)CC1. The van der Waals surface area contributed by atoms with Crippen LogP contribution in [0.4, 0.5) is 5.69 Å². The van der Waals surface area contributed by atoms with Crippen molar-refractivity contribution in [2.45, 2.75) is 25.3 Å². The first-order valence-electron chi connectivity index (χ1n) is 12.0. The highest BCUT2D eigenvalue weighted by Crippen LogP contribution is 2.24. The van der Waals surface area contributed by atoms with Gasteiger partial charge in [0.05, 0.1) is 12.3 Å². The number of amides is 3. The van der Waals surface area contributed by atoms with Crippen LogP contribution in [0.25, 0.3) is 0 Å². The minimum absolute atomic E-state index is 0.147. The number of hydrogen-bond donors (Lipinski definition) is 2. The molecule has 9 nitrogen and oxygen atoms in total. The maximum absolute atomic E-state index is 12.4. The number of piperazine rings is 1. The first-order valence-corrected chi connectivity index (χ1v) is 12.0. The van der Waals surface area contributed by atoms with Gasteiger partial charge in [0.1, 0.15) is 5.76 Å². The van der Waals surface area contributed by atoms with E-state index >= 15 is 0 Å². The number of carbonyl (C=O) groups is 3. The van der Waals surface area contributed by atoms with Crippen LogP contribution in [0.3, 0.4) is 0 Å². The molecule has 34 heavy (non-hydrogen) atoms. The summed E-state index contributed by atoms with van der Waals surface area (Å²) in [4.78, 5) is 42.7. The summed E-state index contributed by atoms with van der Waals surface area (Å²) in [5.41, 5.74) is 1.20. The van der Waals surface area contributed by atoms with Gasteiger partial charge in [-0.2, -0.15) is 0 Å². The first-order chi connectivity index (χ1) is 16.6. The second-order valence-electron chi connectivity index (χ2n) is 8.69. The lowest BCUT2D eigenvalue weighted by atomic mass is 10.1. The molecule has 2 fully saturated rings. The number of nitrogens with zero attached hydrogens (tertiary/aromatic N) is 3. The number of hydrogen-bond acceptors (Lipinski definition) is 6. The molecular formula is C25H33N5O4. The molecule has 0 spiro atoms. The number of para-hydroxylation sites is 1. The second-order valence-corrected chi connectivity index (χ2v) is 8.69. The standard InChI is InChI=1S/C25H33N5O4/c31-23-10-4-12-30(23)13-6-11-26-24(32)25(33)27-19-21(22-9-5-18-34-22)29-16-14-28(15-17-29)20-7-2-1-3-8-20/h1-3,5,7-9,18,21H,4,6,10-17,19H2,(H,26,32)(H,27,33). The zero-order chi connectivity index (χ0) is 23.8. The normalized spacial score (nSPS) is 17.6. The van der Waals surface area contributed by atoms with Gasteiger partial charge in [-0.1, -0.05) is 18.2 Å². The number of furan rings is 1. The highest BCUT2D eigenvalue weighted by atomic mass is 16.3. The van der Waals surface area contributed by atoms with Crippen molar-refractivity contribution >= 4 is 23.4 Å². The molecule has 2 aliphatic heterocycles. The highest BCUT2D eigenvalue weighted by Gasteiger charge is 2.28. The van der Waals surface area contributed by atoms with Crippen molar-refractivity contribution in [3.05, 3.63) is 54.5 Å². The van der Waals surface area contributed by atoms with Crippen LogP contribution >= 0.6 is 0 Å². The van der Waals surface area contributed by atoms with Crippen molar-refractivity contribution in [1.82, 2.24) is 20.4 Å². The predicted molar refractivity (Wildman–Crippen MR) is 128 cm³/mol. The molecular weight excluding hydrogens is 434 g/mol. The molecule has 1 unspecified atom stereocenters. The van der Waals surface area contributed by atoms with Crippen LogP contribution in [-0.4, -0.2) is 79.9 Å². The van der Waals surface area contributed by atoms with Gasteiger partial charge in [0, 0.05) is 64.5 Å². The van der Waals surface area contributed by atoms with Crippen LogP contribution in [0, 0.1) is 0 Å². The lowest BCUT2D eigenvalue weighted by Crippen LogP contribution is -2.50. The molecule has 2 saturated heterocycles. The average Bonchev–Trinajstić information content (AvgIpc) is 3.55. The van der Waals surface area contributed by atoms with Crippen LogP contribution in [-0.2, 0) is 14.4 Å². The van der Waals surface area contributed by atoms with E-state index in [-0.39, 0.29) is 18.5 Å². The van der Waals surface area contributed by atoms with Crippen LogP contribution in [0.15, 0.2) is 53.1 Å². The van der Waals surface area contributed by atoms with Crippen LogP contribution < -0.4 is 15.5 Å². The topological polar surface area (TPSA) is 98.1 Å². The van der Waals surface area contributed by atoms with Crippen LogP contribution in [0.1, 0.15) is 31.1 Å². The number of anilines is 1. The number of benzene rings is 1. The Kier molecular flexibility index (Phi) is 8.19. The third-order valence-corrected chi connectivity index (χ3v) is 6.47. The number of carbonyl (C=O) groups excluding carboxylic acids is 3. The quantitative estimate of drug-likeness (QED) is 0.427. The zero-order valence-electron chi connectivity index (χ0n) is 19.4. The van der Waals surface area contributed by atoms with E-state index in [0.29, 0.717) is 25.9 Å². The predicted octanol–water partition coefficient (Wildman–Crippen LogP) is 1.39. The molecule has 0 radical (unpaired) electrons. The molecule has 182 valence electrons. The maximum Gasteiger partial charge on any atom is 0.309 e. The molecule has 4 rings (SSSR count). The molecule has 3 amide bonds. The Labute approximate surface area is 200 Å². The van der Waals surface area contributed by atoms with E-state index in [0.717, 1.165) is 44.9 Å². The monoisotopic (exact) mass is 467 g/mol. The van der Waals surface area contributed by atoms with Gasteiger partial charge in [0.15, 0.2) is 0 Å². The van der Waals surface area contributed by atoms with Gasteiger partial charge < -0.3 is 24.9 Å². The molecule has 2 aromatic rings. The molecule has 1 atom stereocenters. The molecule has 2 aliphatic rings. The zero-order valence-corrected chi connectivity index (χ0v) is 19.4. The summed E-state index contributed by atoms with van der Waals surface area (Å²) >= 11 is 0. The third-order valence-electron chi connectivity index (χ3n) is 6.47. The third kappa shape index (κ3) is 6.17. The van der Waals surface area contributed by atoms with Gasteiger partial charge in [-0.05, 0) is 37.1 Å². The van der Waals surface area contributed by atoms with Gasteiger partial charge in [-0.15, -0.1) is 0 Å². The van der Waals surface area contributed by atoms with E-state index in [9.17, 15) is 14.4 Å². The van der Waals surface area contributed by atoms with Gasteiger partial charge in [0.25, 0.3) is 0 Å². The molecule has 1 aromatic heterocycles. The summed E-state index contributed by atoms with van der Waals surface area (Å²) in [7, 11) is 0. The van der Waals surface area contributed by atoms with E-state index < -0.39 is 11.8 Å². The van der Waals surface area contributed by atoms with Gasteiger partial charge in [0.2, 0.25) is 5.91 Å². The molecule has 0 saturated carbocycles. The number of likely N-dealkylation sites (tertiary alicyclic amines) is 1. The highest BCUT2D eigenvalue weighted by molar-refractivity contribution is 6.35. The molecule has 3 heterocycles. The summed E-state index contributed by atoms with van der Waals surface area (Å²) in [5, 5.41) is 5.42. The molecule has 9 heteroatoms. The van der Waals surface area contributed by atoms with E-state index in [1.54, 1.807) is 11.2 Å². The fourth-order valence-corrected chi connectivity index (χ4v) is 4.58. The van der Waals surface area contributed by atoms with Crippen molar-refractivity contribution in [1.29, 1.82) is 0 Å². The lowest BCUT2D eigenvalue weighted by Gasteiger charge is -2.39. The molecule has 2 N–H and O–H groups in total. The van der Waals surface area contributed by atoms with E-state index in [4.69, 9.17) is 4.42 Å². The van der Waals surface area contributed by atoms with Gasteiger partial charge >= 0.3 is 11.8 Å². The first kappa shape index (κ1) is 23.8. The Morgan fingerprint density at radius 2 is 1.71 bits per heavy atom. The minimum Gasteiger partial charge on any atom is -0.468 e. The van der Waals surface area contributed by atoms with Crippen LogP contribution in [0.5, 0.6) is 0 Å². The second kappa shape index (κ2) is 11.7. The summed E-state index contributed by atoms with van der Waals surface area (Å²) in [6.45, 7) is 5.41. The Bertz CT molecular complexity index is 941. The Hall–Kier alpha value is -3.33. The van der Waals surface area contributed by atoms with Crippen molar-refractivity contribution in [2.24, 2.45) is 0 Å². The Morgan fingerprint density at radius 1 is 0.941 bits per heavy atom. The van der Waals surface area contributed by atoms with Crippen molar-refractivity contribution in [2.75, 3.05) is 57.3 Å².